The molecule has 0 N–H and O–H groups in total. The van der Waals surface area contributed by atoms with Crippen molar-refractivity contribution in [3.8, 4) is 5.88 Å². The number of piperidine rings is 1. The van der Waals surface area contributed by atoms with E-state index in [2.05, 4.69) is 14.9 Å². The van der Waals surface area contributed by atoms with E-state index in [0.29, 0.717) is 12.0 Å². The number of pyridine rings is 1. The summed E-state index contributed by atoms with van der Waals surface area (Å²) in [6.45, 7) is 1.96. The van der Waals surface area contributed by atoms with E-state index in [9.17, 15) is 0 Å². The molecule has 1 aliphatic heterocycles. The van der Waals surface area contributed by atoms with Crippen molar-refractivity contribution in [3.05, 3.63) is 11.7 Å². The van der Waals surface area contributed by atoms with Crippen molar-refractivity contribution in [3.63, 3.8) is 0 Å². The Morgan fingerprint density at radius 3 is 3.05 bits per heavy atom. The van der Waals surface area contributed by atoms with Crippen LogP contribution in [-0.2, 0) is 4.74 Å². The Kier molecular flexibility index (Phi) is 3.52. The Morgan fingerprint density at radius 2 is 2.26 bits per heavy atom. The van der Waals surface area contributed by atoms with E-state index >= 15 is 0 Å². The SMILES string of the molecule is COc1ncc(N2CCCC(OC)C2)c2scnc12. The number of nitrogens with zero attached hydrogens (tertiary/aromatic N) is 3. The largest absolute Gasteiger partial charge is 0.479 e. The molecule has 0 spiro atoms. The van der Waals surface area contributed by atoms with Crippen molar-refractivity contribution in [2.75, 3.05) is 32.2 Å². The molecule has 5 nitrogen and oxygen atoms in total. The second-order valence-corrected chi connectivity index (χ2v) is 5.48. The first kappa shape index (κ1) is 12.6. The Labute approximate surface area is 116 Å². The van der Waals surface area contributed by atoms with Crippen LogP contribution in [-0.4, -0.2) is 43.4 Å². The third kappa shape index (κ3) is 2.26. The van der Waals surface area contributed by atoms with E-state index < -0.39 is 0 Å². The van der Waals surface area contributed by atoms with Crippen molar-refractivity contribution in [2.24, 2.45) is 0 Å². The molecule has 1 unspecified atom stereocenters. The Hall–Kier alpha value is -1.40. The molecule has 2 aromatic heterocycles. The number of methoxy groups -OCH3 is 2. The second-order valence-electron chi connectivity index (χ2n) is 4.63. The summed E-state index contributed by atoms with van der Waals surface area (Å²) >= 11 is 1.63. The molecular formula is C13H17N3O2S. The van der Waals surface area contributed by atoms with Gasteiger partial charge in [0.1, 0.15) is 5.52 Å². The van der Waals surface area contributed by atoms with E-state index in [4.69, 9.17) is 9.47 Å². The fraction of sp³-hybridized carbons (Fsp3) is 0.538. The standard InChI is InChI=1S/C13H17N3O2S/c1-17-9-4-3-5-16(7-9)10-6-14-13(18-2)11-12(10)19-8-15-11/h6,8-9H,3-5,7H2,1-2H3. The topological polar surface area (TPSA) is 47.5 Å². The molecule has 3 rings (SSSR count). The molecule has 0 amide bonds. The summed E-state index contributed by atoms with van der Waals surface area (Å²) in [7, 11) is 3.41. The average Bonchev–Trinajstić information content (AvgIpc) is 2.95. The number of hydrogen-bond acceptors (Lipinski definition) is 6. The van der Waals surface area contributed by atoms with E-state index in [1.54, 1.807) is 25.6 Å². The fourth-order valence-electron chi connectivity index (χ4n) is 2.54. The summed E-state index contributed by atoms with van der Waals surface area (Å²) in [5, 5.41) is 0. The molecule has 0 saturated carbocycles. The van der Waals surface area contributed by atoms with Gasteiger partial charge in [-0.15, -0.1) is 11.3 Å². The molecule has 1 fully saturated rings. The maximum Gasteiger partial charge on any atom is 0.241 e. The highest BCUT2D eigenvalue weighted by Gasteiger charge is 2.23. The highest BCUT2D eigenvalue weighted by molar-refractivity contribution is 7.17. The maximum absolute atomic E-state index is 5.48. The lowest BCUT2D eigenvalue weighted by Crippen LogP contribution is -2.39. The zero-order valence-electron chi connectivity index (χ0n) is 11.1. The van der Waals surface area contributed by atoms with Crippen LogP contribution >= 0.6 is 11.3 Å². The third-order valence-corrected chi connectivity index (χ3v) is 4.40. The number of anilines is 1. The Morgan fingerprint density at radius 1 is 1.37 bits per heavy atom. The van der Waals surface area contributed by atoms with Gasteiger partial charge in [0.15, 0.2) is 0 Å². The highest BCUT2D eigenvalue weighted by Crippen LogP contribution is 2.35. The predicted molar refractivity (Wildman–Crippen MR) is 76.2 cm³/mol. The lowest BCUT2D eigenvalue weighted by atomic mass is 10.1. The van der Waals surface area contributed by atoms with Gasteiger partial charge >= 0.3 is 0 Å². The summed E-state index contributed by atoms with van der Waals surface area (Å²) in [5.74, 6) is 0.598. The third-order valence-electron chi connectivity index (χ3n) is 3.55. The van der Waals surface area contributed by atoms with Crippen LogP contribution in [0.25, 0.3) is 10.2 Å². The van der Waals surface area contributed by atoms with Crippen LogP contribution in [0.4, 0.5) is 5.69 Å². The lowest BCUT2D eigenvalue weighted by molar-refractivity contribution is 0.0894. The number of hydrogen-bond donors (Lipinski definition) is 0. The number of aromatic nitrogens is 2. The van der Waals surface area contributed by atoms with Crippen molar-refractivity contribution in [2.45, 2.75) is 18.9 Å². The minimum atomic E-state index is 0.304. The van der Waals surface area contributed by atoms with Crippen LogP contribution in [0, 0.1) is 0 Å². The molecule has 0 bridgehead atoms. The molecular weight excluding hydrogens is 262 g/mol. The van der Waals surface area contributed by atoms with Gasteiger partial charge in [0.25, 0.3) is 0 Å². The van der Waals surface area contributed by atoms with Gasteiger partial charge in [0, 0.05) is 20.2 Å². The smallest absolute Gasteiger partial charge is 0.241 e. The maximum atomic E-state index is 5.48. The van der Waals surface area contributed by atoms with E-state index in [1.807, 2.05) is 11.7 Å². The normalized spacial score (nSPS) is 19.9. The molecule has 19 heavy (non-hydrogen) atoms. The van der Waals surface area contributed by atoms with Crippen molar-refractivity contribution >= 4 is 27.2 Å². The predicted octanol–water partition coefficient (Wildman–Crippen LogP) is 2.32. The van der Waals surface area contributed by atoms with Crippen molar-refractivity contribution in [1.82, 2.24) is 9.97 Å². The van der Waals surface area contributed by atoms with Crippen LogP contribution in [0.1, 0.15) is 12.8 Å². The zero-order chi connectivity index (χ0) is 13.2. The van der Waals surface area contributed by atoms with Gasteiger partial charge in [-0.05, 0) is 12.8 Å². The first-order valence-corrected chi connectivity index (χ1v) is 7.25. The van der Waals surface area contributed by atoms with Gasteiger partial charge in [-0.3, -0.25) is 0 Å². The van der Waals surface area contributed by atoms with E-state index in [-0.39, 0.29) is 0 Å². The number of ether oxygens (including phenoxy) is 2. The highest BCUT2D eigenvalue weighted by atomic mass is 32.1. The number of rotatable bonds is 3. The molecule has 0 aromatic carbocycles. The molecule has 1 atom stereocenters. The van der Waals surface area contributed by atoms with Gasteiger partial charge in [-0.25, -0.2) is 9.97 Å². The zero-order valence-corrected chi connectivity index (χ0v) is 11.9. The van der Waals surface area contributed by atoms with Gasteiger partial charge in [-0.1, -0.05) is 0 Å². The summed E-state index contributed by atoms with van der Waals surface area (Å²) in [4.78, 5) is 11.1. The molecule has 0 aliphatic carbocycles. The second kappa shape index (κ2) is 5.30. The van der Waals surface area contributed by atoms with Crippen molar-refractivity contribution in [1.29, 1.82) is 0 Å². The fourth-order valence-corrected chi connectivity index (χ4v) is 3.36. The van der Waals surface area contributed by atoms with Crippen LogP contribution < -0.4 is 9.64 Å². The van der Waals surface area contributed by atoms with Crippen LogP contribution in [0.3, 0.4) is 0 Å². The van der Waals surface area contributed by atoms with E-state index in [1.165, 1.54) is 0 Å². The van der Waals surface area contributed by atoms with Crippen molar-refractivity contribution < 1.29 is 9.47 Å². The molecule has 1 saturated heterocycles. The van der Waals surface area contributed by atoms with Crippen LogP contribution in [0.15, 0.2) is 11.7 Å². The Balaban J connectivity index is 1.98. The van der Waals surface area contributed by atoms with Crippen LogP contribution in [0.2, 0.25) is 0 Å². The summed E-state index contributed by atoms with van der Waals surface area (Å²) < 4.78 is 11.9. The molecule has 102 valence electrons. The molecule has 3 heterocycles. The minimum absolute atomic E-state index is 0.304. The number of thiazole rings is 1. The molecule has 1 aliphatic rings. The van der Waals surface area contributed by atoms with Gasteiger partial charge < -0.3 is 14.4 Å². The van der Waals surface area contributed by atoms with Crippen LogP contribution in [0.5, 0.6) is 5.88 Å². The first-order valence-electron chi connectivity index (χ1n) is 6.37. The monoisotopic (exact) mass is 279 g/mol. The summed E-state index contributed by atoms with van der Waals surface area (Å²) in [5.41, 5.74) is 3.83. The Bertz CT molecular complexity index is 572. The molecule has 6 heteroatoms. The summed E-state index contributed by atoms with van der Waals surface area (Å²) in [6.07, 6.45) is 4.46. The molecule has 2 aromatic rings. The first-order chi connectivity index (χ1) is 9.33. The number of fused-ring (bicyclic) bond motifs is 1. The molecule has 0 radical (unpaired) electrons. The minimum Gasteiger partial charge on any atom is -0.479 e. The van der Waals surface area contributed by atoms with E-state index in [0.717, 1.165) is 41.8 Å². The van der Waals surface area contributed by atoms with Gasteiger partial charge in [-0.2, -0.15) is 0 Å². The lowest BCUT2D eigenvalue weighted by Gasteiger charge is -2.33. The van der Waals surface area contributed by atoms with Gasteiger partial charge in [0.2, 0.25) is 5.88 Å². The summed E-state index contributed by atoms with van der Waals surface area (Å²) in [6, 6.07) is 0. The van der Waals surface area contributed by atoms with Gasteiger partial charge in [0.05, 0.1) is 35.3 Å². The quantitative estimate of drug-likeness (QED) is 0.863. The average molecular weight is 279 g/mol.